The Labute approximate surface area is 176 Å². The minimum Gasteiger partial charge on any atom is -0.466 e. The molecule has 0 saturated carbocycles. The third-order valence-electron chi connectivity index (χ3n) is 3.93. The van der Waals surface area contributed by atoms with Crippen molar-refractivity contribution in [1.82, 2.24) is 10.3 Å². The summed E-state index contributed by atoms with van der Waals surface area (Å²) in [6.07, 6.45) is -10.7. The second-order valence-corrected chi connectivity index (χ2v) is 6.53. The van der Waals surface area contributed by atoms with Crippen LogP contribution in [0.25, 0.3) is 0 Å². The molecule has 2 aromatic rings. The zero-order valence-corrected chi connectivity index (χ0v) is 16.3. The summed E-state index contributed by atoms with van der Waals surface area (Å²) in [5.41, 5.74) is -4.86. The van der Waals surface area contributed by atoms with Crippen LogP contribution in [0.4, 0.5) is 32.2 Å². The van der Waals surface area contributed by atoms with Crippen LogP contribution in [-0.4, -0.2) is 35.8 Å². The molecule has 0 spiro atoms. The zero-order chi connectivity index (χ0) is 23.4. The molecule has 1 aromatic heterocycles. The Morgan fingerprint density at radius 1 is 1.10 bits per heavy atom. The minimum atomic E-state index is -5.50. The number of rotatable bonds is 6. The van der Waals surface area contributed by atoms with Gasteiger partial charge in [-0.25, -0.2) is 9.78 Å². The summed E-state index contributed by atoms with van der Waals surface area (Å²) in [7, 11) is 0.635. The van der Waals surface area contributed by atoms with E-state index in [0.717, 1.165) is 0 Å². The average molecular weight is 470 g/mol. The van der Waals surface area contributed by atoms with Gasteiger partial charge in [-0.05, 0) is 11.6 Å². The van der Waals surface area contributed by atoms with E-state index in [2.05, 4.69) is 9.72 Å². The molecule has 0 radical (unpaired) electrons. The maximum Gasteiger partial charge on any atom is 0.441 e. The number of methoxy groups -OCH3 is 1. The van der Waals surface area contributed by atoms with E-state index in [4.69, 9.17) is 11.6 Å². The lowest BCUT2D eigenvalue weighted by Gasteiger charge is -2.34. The van der Waals surface area contributed by atoms with E-state index in [-0.39, 0.29) is 6.20 Å². The molecular weight excluding hydrogens is 456 g/mol. The van der Waals surface area contributed by atoms with Crippen molar-refractivity contribution in [2.45, 2.75) is 24.4 Å². The number of ether oxygens (including phenoxy) is 1. The Balaban J connectivity index is 2.45. The largest absolute Gasteiger partial charge is 0.466 e. The molecule has 0 unspecified atom stereocenters. The minimum absolute atomic E-state index is 0.221. The number of anilines is 1. The Hall–Kier alpha value is -3.02. The molecule has 1 heterocycles. The number of pyridine rings is 1. The summed E-state index contributed by atoms with van der Waals surface area (Å²) in [5.74, 6) is -4.15. The first kappa shape index (κ1) is 24.3. The van der Waals surface area contributed by atoms with Crippen LogP contribution in [0.2, 0.25) is 5.02 Å². The summed E-state index contributed by atoms with van der Waals surface area (Å²) in [5, 5.41) is 2.25. The third-order valence-corrected chi connectivity index (χ3v) is 4.21. The quantitative estimate of drug-likeness (QED) is 0.380. The van der Waals surface area contributed by atoms with E-state index in [9.17, 15) is 35.9 Å². The molecule has 1 aromatic carbocycles. The first-order valence-electron chi connectivity index (χ1n) is 8.31. The van der Waals surface area contributed by atoms with Gasteiger partial charge in [0.05, 0.1) is 24.1 Å². The molecular formula is C18H14ClF6N3O3. The molecule has 0 bridgehead atoms. The van der Waals surface area contributed by atoms with E-state index in [1.807, 2.05) is 0 Å². The Bertz CT molecular complexity index is 953. The SMILES string of the molecule is COC(=O)[C@@](NC(=O)Cc1ccccc1)(Nc1ncc(C(F)(F)F)cc1Cl)C(F)(F)F. The number of carbonyl (C=O) groups is 2. The Morgan fingerprint density at radius 3 is 2.19 bits per heavy atom. The third kappa shape index (κ3) is 5.57. The van der Waals surface area contributed by atoms with Crippen molar-refractivity contribution in [3.05, 3.63) is 58.7 Å². The summed E-state index contributed by atoms with van der Waals surface area (Å²) >= 11 is 5.65. The van der Waals surface area contributed by atoms with Crippen LogP contribution in [0.1, 0.15) is 11.1 Å². The van der Waals surface area contributed by atoms with E-state index in [1.54, 1.807) is 23.5 Å². The normalized spacial score (nSPS) is 13.8. The van der Waals surface area contributed by atoms with Crippen LogP contribution in [0.15, 0.2) is 42.6 Å². The van der Waals surface area contributed by atoms with E-state index in [1.165, 1.54) is 17.4 Å². The molecule has 0 fully saturated rings. The zero-order valence-electron chi connectivity index (χ0n) is 15.6. The van der Waals surface area contributed by atoms with Gasteiger partial charge in [0.1, 0.15) is 5.82 Å². The molecule has 2 N–H and O–H groups in total. The van der Waals surface area contributed by atoms with Crippen molar-refractivity contribution in [3.63, 3.8) is 0 Å². The van der Waals surface area contributed by atoms with Gasteiger partial charge in [0.15, 0.2) is 0 Å². The highest BCUT2D eigenvalue weighted by Crippen LogP contribution is 2.37. The average Bonchev–Trinajstić information content (AvgIpc) is 2.67. The molecule has 0 aliphatic heterocycles. The first-order valence-corrected chi connectivity index (χ1v) is 8.69. The lowest BCUT2D eigenvalue weighted by Crippen LogP contribution is -2.69. The molecule has 31 heavy (non-hydrogen) atoms. The standard InChI is InChI=1S/C18H14ClF6N3O3/c1-31-15(30)16(18(23,24)25,27-13(29)7-10-5-3-2-4-6-10)28-14-12(19)8-11(9-26-14)17(20,21)22/h2-6,8-9H,7H2,1H3,(H,26,28)(H,27,29)/t16-/m1/s1. The van der Waals surface area contributed by atoms with Gasteiger partial charge in [0.25, 0.3) is 0 Å². The van der Waals surface area contributed by atoms with Crippen molar-refractivity contribution >= 4 is 29.3 Å². The fourth-order valence-electron chi connectivity index (χ4n) is 2.44. The van der Waals surface area contributed by atoms with E-state index in [0.29, 0.717) is 18.7 Å². The molecule has 6 nitrogen and oxygen atoms in total. The number of nitrogens with one attached hydrogen (secondary N) is 2. The van der Waals surface area contributed by atoms with Crippen LogP contribution in [0, 0.1) is 0 Å². The second kappa shape index (κ2) is 9.00. The lowest BCUT2D eigenvalue weighted by molar-refractivity contribution is -0.206. The van der Waals surface area contributed by atoms with Gasteiger partial charge in [0.2, 0.25) is 5.91 Å². The number of aromatic nitrogens is 1. The van der Waals surface area contributed by atoms with Crippen LogP contribution in [-0.2, 0) is 26.9 Å². The first-order chi connectivity index (χ1) is 14.3. The fourth-order valence-corrected chi connectivity index (χ4v) is 2.65. The predicted molar refractivity (Wildman–Crippen MR) is 97.0 cm³/mol. The molecule has 1 amide bonds. The van der Waals surface area contributed by atoms with Gasteiger partial charge in [-0.2, -0.15) is 26.3 Å². The number of hydrogen-bond donors (Lipinski definition) is 2. The van der Waals surface area contributed by atoms with Gasteiger partial charge in [-0.1, -0.05) is 41.9 Å². The fraction of sp³-hybridized carbons (Fsp3) is 0.278. The Kier molecular flexibility index (Phi) is 7.04. The summed E-state index contributed by atoms with van der Waals surface area (Å²) < 4.78 is 84.4. The van der Waals surface area contributed by atoms with Crippen LogP contribution in [0.5, 0.6) is 0 Å². The van der Waals surface area contributed by atoms with Crippen LogP contribution in [0.3, 0.4) is 0 Å². The van der Waals surface area contributed by atoms with Gasteiger partial charge >= 0.3 is 24.0 Å². The highest BCUT2D eigenvalue weighted by Gasteiger charge is 2.63. The van der Waals surface area contributed by atoms with E-state index < -0.39 is 52.7 Å². The van der Waals surface area contributed by atoms with Crippen molar-refractivity contribution in [2.24, 2.45) is 0 Å². The number of nitrogens with zero attached hydrogens (tertiary/aromatic N) is 1. The van der Waals surface area contributed by atoms with Crippen molar-refractivity contribution in [2.75, 3.05) is 12.4 Å². The molecule has 168 valence electrons. The summed E-state index contributed by atoms with van der Waals surface area (Å²) in [4.78, 5) is 27.7. The van der Waals surface area contributed by atoms with Crippen molar-refractivity contribution < 1.29 is 40.7 Å². The van der Waals surface area contributed by atoms with Gasteiger partial charge in [0, 0.05) is 6.20 Å². The number of esters is 1. The highest BCUT2D eigenvalue weighted by molar-refractivity contribution is 6.33. The number of carbonyl (C=O) groups excluding carboxylic acids is 2. The lowest BCUT2D eigenvalue weighted by atomic mass is 10.1. The molecule has 0 aliphatic carbocycles. The number of benzene rings is 1. The molecule has 1 atom stereocenters. The number of amides is 1. The maximum atomic E-state index is 14.0. The molecule has 2 rings (SSSR count). The van der Waals surface area contributed by atoms with Crippen molar-refractivity contribution in [3.8, 4) is 0 Å². The van der Waals surface area contributed by atoms with Gasteiger partial charge in [-0.15, -0.1) is 0 Å². The monoisotopic (exact) mass is 469 g/mol. The number of hydrogen-bond acceptors (Lipinski definition) is 5. The number of alkyl halides is 6. The topological polar surface area (TPSA) is 80.3 Å². The van der Waals surface area contributed by atoms with Crippen LogP contribution >= 0.6 is 11.6 Å². The molecule has 13 heteroatoms. The summed E-state index contributed by atoms with van der Waals surface area (Å²) in [6, 6.07) is 7.97. The van der Waals surface area contributed by atoms with Gasteiger partial charge in [-0.3, -0.25) is 4.79 Å². The number of halogens is 7. The Morgan fingerprint density at radius 2 is 1.71 bits per heavy atom. The molecule has 0 saturated heterocycles. The second-order valence-electron chi connectivity index (χ2n) is 6.13. The van der Waals surface area contributed by atoms with E-state index >= 15 is 0 Å². The smallest absolute Gasteiger partial charge is 0.441 e. The summed E-state index contributed by atoms with van der Waals surface area (Å²) in [6.45, 7) is 0. The predicted octanol–water partition coefficient (Wildman–Crippen LogP) is 3.96. The van der Waals surface area contributed by atoms with Crippen LogP contribution < -0.4 is 10.6 Å². The molecule has 0 aliphatic rings. The van der Waals surface area contributed by atoms with Crippen molar-refractivity contribution in [1.29, 1.82) is 0 Å². The highest BCUT2D eigenvalue weighted by atomic mass is 35.5. The maximum absolute atomic E-state index is 14.0. The van der Waals surface area contributed by atoms with Gasteiger partial charge < -0.3 is 15.4 Å².